The minimum absolute atomic E-state index is 0.0469. The van der Waals surface area contributed by atoms with Gasteiger partial charge in [-0.3, -0.25) is 9.59 Å². The van der Waals surface area contributed by atoms with Crippen molar-refractivity contribution in [3.05, 3.63) is 58.4 Å². The van der Waals surface area contributed by atoms with Gasteiger partial charge in [0.1, 0.15) is 5.69 Å². The molecule has 1 atom stereocenters. The van der Waals surface area contributed by atoms with E-state index in [-0.39, 0.29) is 17.8 Å². The van der Waals surface area contributed by atoms with Crippen LogP contribution < -0.4 is 5.32 Å². The smallest absolute Gasteiger partial charge is 0.268 e. The van der Waals surface area contributed by atoms with Crippen LogP contribution in [-0.4, -0.2) is 30.3 Å². The Bertz CT molecular complexity index is 705. The Balaban J connectivity index is 2.11. The molecule has 23 heavy (non-hydrogen) atoms. The maximum Gasteiger partial charge on any atom is 0.268 e. The van der Waals surface area contributed by atoms with Crippen molar-refractivity contribution >= 4 is 11.7 Å². The standard InChI is InChI=1S/C18H22N2O3/c1-11-16(13(3)21)12(2)20-17(11)18(22)19-10-15(23-4)14-8-6-5-7-9-14/h5-9,15,20H,10H2,1-4H3,(H,19,22). The zero-order valence-electron chi connectivity index (χ0n) is 13.9. The van der Waals surface area contributed by atoms with Crippen LogP contribution in [0.3, 0.4) is 0 Å². The molecule has 0 aliphatic heterocycles. The van der Waals surface area contributed by atoms with E-state index < -0.39 is 0 Å². The van der Waals surface area contributed by atoms with E-state index >= 15 is 0 Å². The molecule has 122 valence electrons. The van der Waals surface area contributed by atoms with E-state index in [1.165, 1.54) is 6.92 Å². The summed E-state index contributed by atoms with van der Waals surface area (Å²) in [6.07, 6.45) is -0.219. The summed E-state index contributed by atoms with van der Waals surface area (Å²) in [5, 5.41) is 2.86. The van der Waals surface area contributed by atoms with Crippen LogP contribution >= 0.6 is 0 Å². The number of aromatic nitrogens is 1. The van der Waals surface area contributed by atoms with Gasteiger partial charge in [0.2, 0.25) is 0 Å². The van der Waals surface area contributed by atoms with Crippen molar-refractivity contribution in [1.29, 1.82) is 0 Å². The molecule has 1 unspecified atom stereocenters. The Labute approximate surface area is 136 Å². The lowest BCUT2D eigenvalue weighted by atomic mass is 10.1. The zero-order valence-corrected chi connectivity index (χ0v) is 13.9. The first-order valence-electron chi connectivity index (χ1n) is 7.51. The second-order valence-corrected chi connectivity index (χ2v) is 5.53. The third kappa shape index (κ3) is 3.68. The third-order valence-corrected chi connectivity index (χ3v) is 3.92. The predicted molar refractivity (Wildman–Crippen MR) is 88.8 cm³/mol. The number of carbonyl (C=O) groups is 2. The lowest BCUT2D eigenvalue weighted by Crippen LogP contribution is -2.29. The van der Waals surface area contributed by atoms with Gasteiger partial charge in [0.05, 0.1) is 6.10 Å². The van der Waals surface area contributed by atoms with E-state index in [1.54, 1.807) is 21.0 Å². The molecule has 0 saturated carbocycles. The molecular weight excluding hydrogens is 292 g/mol. The molecule has 0 aliphatic carbocycles. The molecule has 0 radical (unpaired) electrons. The molecule has 0 saturated heterocycles. The summed E-state index contributed by atoms with van der Waals surface area (Å²) in [5.41, 5.74) is 3.41. The summed E-state index contributed by atoms with van der Waals surface area (Å²) in [7, 11) is 1.61. The summed E-state index contributed by atoms with van der Waals surface area (Å²) in [6.45, 7) is 5.43. The van der Waals surface area contributed by atoms with Crippen LogP contribution in [0.1, 0.15) is 50.7 Å². The van der Waals surface area contributed by atoms with Crippen LogP contribution in [0.5, 0.6) is 0 Å². The molecular formula is C18H22N2O3. The highest BCUT2D eigenvalue weighted by Crippen LogP contribution is 2.19. The number of aryl methyl sites for hydroxylation is 1. The van der Waals surface area contributed by atoms with Crippen LogP contribution in [0.15, 0.2) is 30.3 Å². The number of hydrogen-bond acceptors (Lipinski definition) is 3. The van der Waals surface area contributed by atoms with Crippen LogP contribution in [0, 0.1) is 13.8 Å². The van der Waals surface area contributed by atoms with Gasteiger partial charge in [-0.2, -0.15) is 0 Å². The first-order valence-corrected chi connectivity index (χ1v) is 7.51. The maximum absolute atomic E-state index is 12.4. The Morgan fingerprint density at radius 1 is 1.22 bits per heavy atom. The first-order chi connectivity index (χ1) is 11.0. The summed E-state index contributed by atoms with van der Waals surface area (Å²) >= 11 is 0. The van der Waals surface area contributed by atoms with Gasteiger partial charge in [0, 0.05) is 24.9 Å². The van der Waals surface area contributed by atoms with E-state index in [0.29, 0.717) is 29.1 Å². The molecule has 0 bridgehead atoms. The average molecular weight is 314 g/mol. The highest BCUT2D eigenvalue weighted by atomic mass is 16.5. The molecule has 1 aromatic carbocycles. The molecule has 1 amide bonds. The number of amides is 1. The third-order valence-electron chi connectivity index (χ3n) is 3.92. The number of carbonyl (C=O) groups excluding carboxylic acids is 2. The molecule has 5 nitrogen and oxygen atoms in total. The monoisotopic (exact) mass is 314 g/mol. The van der Waals surface area contributed by atoms with Crippen LogP contribution in [0.4, 0.5) is 0 Å². The van der Waals surface area contributed by atoms with Gasteiger partial charge in [-0.15, -0.1) is 0 Å². The molecule has 0 fully saturated rings. The van der Waals surface area contributed by atoms with Crippen molar-refractivity contribution in [2.45, 2.75) is 26.9 Å². The summed E-state index contributed by atoms with van der Waals surface area (Å²) < 4.78 is 5.44. The van der Waals surface area contributed by atoms with Crippen molar-refractivity contribution in [3.63, 3.8) is 0 Å². The number of Topliss-reactive ketones (excluding diaryl/α,β-unsaturated/α-hetero) is 1. The second kappa shape index (κ2) is 7.24. The number of H-pyrrole nitrogens is 1. The van der Waals surface area contributed by atoms with Crippen molar-refractivity contribution in [1.82, 2.24) is 10.3 Å². The first kappa shape index (κ1) is 17.0. The fourth-order valence-corrected chi connectivity index (χ4v) is 2.78. The van der Waals surface area contributed by atoms with Crippen LogP contribution in [0.2, 0.25) is 0 Å². The second-order valence-electron chi connectivity index (χ2n) is 5.53. The molecule has 1 heterocycles. The minimum Gasteiger partial charge on any atom is -0.375 e. The van der Waals surface area contributed by atoms with Crippen LogP contribution in [-0.2, 0) is 4.74 Å². The van der Waals surface area contributed by atoms with Crippen molar-refractivity contribution in [2.75, 3.05) is 13.7 Å². The topological polar surface area (TPSA) is 71.2 Å². The van der Waals surface area contributed by atoms with E-state index in [1.807, 2.05) is 30.3 Å². The lowest BCUT2D eigenvalue weighted by Gasteiger charge is -2.16. The number of hydrogen-bond donors (Lipinski definition) is 2. The zero-order chi connectivity index (χ0) is 17.0. The fourth-order valence-electron chi connectivity index (χ4n) is 2.78. The van der Waals surface area contributed by atoms with Crippen molar-refractivity contribution in [2.24, 2.45) is 0 Å². The number of benzene rings is 1. The van der Waals surface area contributed by atoms with Gasteiger partial charge >= 0.3 is 0 Å². The number of nitrogens with one attached hydrogen (secondary N) is 2. The number of aromatic amines is 1. The fraction of sp³-hybridized carbons (Fsp3) is 0.333. The number of ether oxygens (including phenoxy) is 1. The van der Waals surface area contributed by atoms with E-state index in [0.717, 1.165) is 5.56 Å². The van der Waals surface area contributed by atoms with E-state index in [9.17, 15) is 9.59 Å². The quantitative estimate of drug-likeness (QED) is 0.805. The van der Waals surface area contributed by atoms with Gasteiger partial charge in [-0.1, -0.05) is 30.3 Å². The summed E-state index contributed by atoms with van der Waals surface area (Å²) in [6, 6.07) is 9.71. The SMILES string of the molecule is COC(CNC(=O)c1[nH]c(C)c(C(C)=O)c1C)c1ccccc1. The van der Waals surface area contributed by atoms with Gasteiger partial charge in [-0.25, -0.2) is 0 Å². The largest absolute Gasteiger partial charge is 0.375 e. The predicted octanol–water partition coefficient (Wildman–Crippen LogP) is 2.95. The average Bonchev–Trinajstić information content (AvgIpc) is 2.83. The van der Waals surface area contributed by atoms with Gasteiger partial charge in [0.15, 0.2) is 5.78 Å². The summed E-state index contributed by atoms with van der Waals surface area (Å²) in [5.74, 6) is -0.287. The Morgan fingerprint density at radius 2 is 1.87 bits per heavy atom. The summed E-state index contributed by atoms with van der Waals surface area (Å²) in [4.78, 5) is 27.0. The molecule has 0 aliphatic rings. The normalized spacial score (nSPS) is 12.0. The Morgan fingerprint density at radius 3 is 2.39 bits per heavy atom. The van der Waals surface area contributed by atoms with Gasteiger partial charge in [-0.05, 0) is 31.9 Å². The van der Waals surface area contributed by atoms with Gasteiger partial charge < -0.3 is 15.0 Å². The lowest BCUT2D eigenvalue weighted by molar-refractivity contribution is 0.0824. The number of methoxy groups -OCH3 is 1. The van der Waals surface area contributed by atoms with Crippen LogP contribution in [0.25, 0.3) is 0 Å². The number of rotatable bonds is 6. The van der Waals surface area contributed by atoms with E-state index in [4.69, 9.17) is 4.74 Å². The molecule has 2 aromatic rings. The Kier molecular flexibility index (Phi) is 5.34. The maximum atomic E-state index is 12.4. The van der Waals surface area contributed by atoms with Gasteiger partial charge in [0.25, 0.3) is 5.91 Å². The Hall–Kier alpha value is -2.40. The molecule has 2 rings (SSSR count). The van der Waals surface area contributed by atoms with Crippen molar-refractivity contribution in [3.8, 4) is 0 Å². The highest BCUT2D eigenvalue weighted by molar-refractivity contribution is 6.02. The highest BCUT2D eigenvalue weighted by Gasteiger charge is 2.20. The van der Waals surface area contributed by atoms with E-state index in [2.05, 4.69) is 10.3 Å². The van der Waals surface area contributed by atoms with Crippen molar-refractivity contribution < 1.29 is 14.3 Å². The molecule has 1 aromatic heterocycles. The molecule has 0 spiro atoms. The molecule has 5 heteroatoms. The number of ketones is 1. The minimum atomic E-state index is -0.240. The molecule has 2 N–H and O–H groups in total.